The van der Waals surface area contributed by atoms with Crippen LogP contribution in [0.5, 0.6) is 0 Å². The quantitative estimate of drug-likeness (QED) is 0.697. The third kappa shape index (κ3) is 4.95. The second kappa shape index (κ2) is 7.43. The van der Waals surface area contributed by atoms with E-state index < -0.39 is 0 Å². The SMILES string of the molecule is CCCN(CCO)CCCn1ccnc1. The lowest BCUT2D eigenvalue weighted by Crippen LogP contribution is -2.29. The summed E-state index contributed by atoms with van der Waals surface area (Å²) in [6, 6.07) is 0. The first-order valence-corrected chi connectivity index (χ1v) is 5.65. The van der Waals surface area contributed by atoms with Gasteiger partial charge in [0.25, 0.3) is 0 Å². The minimum Gasteiger partial charge on any atom is -0.395 e. The first-order chi connectivity index (χ1) is 7.36. The molecule has 0 unspecified atom stereocenters. The topological polar surface area (TPSA) is 41.3 Å². The molecule has 0 bridgehead atoms. The molecule has 15 heavy (non-hydrogen) atoms. The first kappa shape index (κ1) is 12.2. The van der Waals surface area contributed by atoms with Crippen molar-refractivity contribution in [2.24, 2.45) is 0 Å². The fourth-order valence-electron chi connectivity index (χ4n) is 1.69. The van der Waals surface area contributed by atoms with Gasteiger partial charge in [0.15, 0.2) is 0 Å². The molecule has 0 aromatic carbocycles. The van der Waals surface area contributed by atoms with Gasteiger partial charge < -0.3 is 14.6 Å². The van der Waals surface area contributed by atoms with Crippen molar-refractivity contribution in [1.29, 1.82) is 0 Å². The van der Waals surface area contributed by atoms with E-state index in [1.54, 1.807) is 6.20 Å². The Balaban J connectivity index is 2.15. The molecule has 0 aliphatic carbocycles. The summed E-state index contributed by atoms with van der Waals surface area (Å²) in [6.07, 6.45) is 7.88. The molecule has 0 fully saturated rings. The van der Waals surface area contributed by atoms with E-state index in [4.69, 9.17) is 5.11 Å². The third-order valence-electron chi connectivity index (χ3n) is 2.41. The van der Waals surface area contributed by atoms with Gasteiger partial charge in [0.1, 0.15) is 0 Å². The normalized spacial score (nSPS) is 11.1. The van der Waals surface area contributed by atoms with Gasteiger partial charge in [-0.15, -0.1) is 0 Å². The van der Waals surface area contributed by atoms with Gasteiger partial charge in [0.2, 0.25) is 0 Å². The Kier molecular flexibility index (Phi) is 6.04. The zero-order valence-corrected chi connectivity index (χ0v) is 9.47. The molecular formula is C11H21N3O. The maximum absolute atomic E-state index is 8.89. The van der Waals surface area contributed by atoms with Gasteiger partial charge in [-0.05, 0) is 25.9 Å². The summed E-state index contributed by atoms with van der Waals surface area (Å²) in [5.74, 6) is 0. The Morgan fingerprint density at radius 3 is 2.80 bits per heavy atom. The highest BCUT2D eigenvalue weighted by Crippen LogP contribution is 1.96. The van der Waals surface area contributed by atoms with Crippen LogP contribution >= 0.6 is 0 Å². The molecule has 4 heteroatoms. The zero-order chi connectivity index (χ0) is 10.9. The fourth-order valence-corrected chi connectivity index (χ4v) is 1.69. The Morgan fingerprint density at radius 2 is 2.20 bits per heavy atom. The third-order valence-corrected chi connectivity index (χ3v) is 2.41. The minimum absolute atomic E-state index is 0.255. The molecule has 0 saturated carbocycles. The van der Waals surface area contributed by atoms with Gasteiger partial charge in [-0.1, -0.05) is 6.92 Å². The minimum atomic E-state index is 0.255. The number of aliphatic hydroxyl groups is 1. The van der Waals surface area contributed by atoms with E-state index >= 15 is 0 Å². The van der Waals surface area contributed by atoms with E-state index in [0.717, 1.165) is 39.0 Å². The molecule has 0 saturated heterocycles. The van der Waals surface area contributed by atoms with Crippen molar-refractivity contribution in [1.82, 2.24) is 14.5 Å². The van der Waals surface area contributed by atoms with E-state index in [2.05, 4.69) is 21.4 Å². The van der Waals surface area contributed by atoms with Gasteiger partial charge in [0, 0.05) is 25.5 Å². The van der Waals surface area contributed by atoms with Gasteiger partial charge in [-0.25, -0.2) is 4.98 Å². The van der Waals surface area contributed by atoms with E-state index in [1.165, 1.54) is 0 Å². The Labute approximate surface area is 91.5 Å². The number of aryl methyl sites for hydroxylation is 1. The lowest BCUT2D eigenvalue weighted by atomic mass is 10.3. The summed E-state index contributed by atoms with van der Waals surface area (Å²) >= 11 is 0. The number of aromatic nitrogens is 2. The average molecular weight is 211 g/mol. The second-order valence-electron chi connectivity index (χ2n) is 3.72. The summed E-state index contributed by atoms with van der Waals surface area (Å²) in [6.45, 7) is 6.34. The van der Waals surface area contributed by atoms with Crippen LogP contribution in [0.1, 0.15) is 19.8 Å². The number of imidazole rings is 1. The van der Waals surface area contributed by atoms with Crippen LogP contribution in [0.25, 0.3) is 0 Å². The van der Waals surface area contributed by atoms with Crippen LogP contribution in [0, 0.1) is 0 Å². The van der Waals surface area contributed by atoms with Crippen LogP contribution in [0.15, 0.2) is 18.7 Å². The van der Waals surface area contributed by atoms with Crippen LogP contribution < -0.4 is 0 Å². The predicted octanol–water partition coefficient (Wildman–Crippen LogP) is 0.977. The van der Waals surface area contributed by atoms with Crippen molar-refractivity contribution >= 4 is 0 Å². The molecule has 1 rings (SSSR count). The summed E-state index contributed by atoms with van der Waals surface area (Å²) in [5.41, 5.74) is 0. The van der Waals surface area contributed by atoms with Gasteiger partial charge in [-0.3, -0.25) is 0 Å². The highest BCUT2D eigenvalue weighted by atomic mass is 16.3. The van der Waals surface area contributed by atoms with Gasteiger partial charge >= 0.3 is 0 Å². The predicted molar refractivity (Wildman–Crippen MR) is 60.7 cm³/mol. The largest absolute Gasteiger partial charge is 0.395 e. The summed E-state index contributed by atoms with van der Waals surface area (Å²) < 4.78 is 2.09. The first-order valence-electron chi connectivity index (χ1n) is 5.65. The molecular weight excluding hydrogens is 190 g/mol. The monoisotopic (exact) mass is 211 g/mol. The van der Waals surface area contributed by atoms with Crippen LogP contribution in [-0.4, -0.2) is 45.8 Å². The molecule has 1 aromatic heterocycles. The lowest BCUT2D eigenvalue weighted by molar-refractivity contribution is 0.192. The smallest absolute Gasteiger partial charge is 0.0945 e. The molecule has 86 valence electrons. The Hall–Kier alpha value is -0.870. The number of hydrogen-bond acceptors (Lipinski definition) is 3. The van der Waals surface area contributed by atoms with Crippen molar-refractivity contribution in [2.45, 2.75) is 26.3 Å². The summed E-state index contributed by atoms with van der Waals surface area (Å²) in [7, 11) is 0. The maximum atomic E-state index is 8.89. The van der Waals surface area contributed by atoms with Crippen molar-refractivity contribution in [3.63, 3.8) is 0 Å². The number of aliphatic hydroxyl groups excluding tert-OH is 1. The average Bonchev–Trinajstić information content (AvgIpc) is 2.71. The van der Waals surface area contributed by atoms with Crippen LogP contribution in [0.4, 0.5) is 0 Å². The van der Waals surface area contributed by atoms with Crippen LogP contribution in [0.3, 0.4) is 0 Å². The van der Waals surface area contributed by atoms with E-state index in [9.17, 15) is 0 Å². The highest BCUT2D eigenvalue weighted by molar-refractivity contribution is 4.74. The molecule has 4 nitrogen and oxygen atoms in total. The summed E-state index contributed by atoms with van der Waals surface area (Å²) in [4.78, 5) is 6.30. The summed E-state index contributed by atoms with van der Waals surface area (Å²) in [5, 5.41) is 8.89. The zero-order valence-electron chi connectivity index (χ0n) is 9.47. The van der Waals surface area contributed by atoms with Crippen molar-refractivity contribution in [3.8, 4) is 0 Å². The van der Waals surface area contributed by atoms with E-state index in [1.807, 2.05) is 12.5 Å². The molecule has 1 N–H and O–H groups in total. The van der Waals surface area contributed by atoms with E-state index in [0.29, 0.717) is 0 Å². The number of nitrogens with zero attached hydrogens (tertiary/aromatic N) is 3. The van der Waals surface area contributed by atoms with Gasteiger partial charge in [0.05, 0.1) is 12.9 Å². The fraction of sp³-hybridized carbons (Fsp3) is 0.727. The molecule has 0 radical (unpaired) electrons. The molecule has 0 aliphatic heterocycles. The molecule has 0 atom stereocenters. The van der Waals surface area contributed by atoms with Crippen molar-refractivity contribution in [2.75, 3.05) is 26.2 Å². The lowest BCUT2D eigenvalue weighted by Gasteiger charge is -2.20. The molecule has 0 amide bonds. The molecule has 0 spiro atoms. The highest BCUT2D eigenvalue weighted by Gasteiger charge is 2.02. The van der Waals surface area contributed by atoms with Crippen LogP contribution in [0.2, 0.25) is 0 Å². The van der Waals surface area contributed by atoms with Crippen molar-refractivity contribution < 1.29 is 5.11 Å². The van der Waals surface area contributed by atoms with Gasteiger partial charge in [-0.2, -0.15) is 0 Å². The Bertz CT molecular complexity index is 230. The second-order valence-corrected chi connectivity index (χ2v) is 3.72. The molecule has 1 aromatic rings. The van der Waals surface area contributed by atoms with Crippen molar-refractivity contribution in [3.05, 3.63) is 18.7 Å². The maximum Gasteiger partial charge on any atom is 0.0945 e. The number of rotatable bonds is 8. The number of hydrogen-bond donors (Lipinski definition) is 1. The van der Waals surface area contributed by atoms with E-state index in [-0.39, 0.29) is 6.61 Å². The standard InChI is InChI=1S/C11H21N3O/c1-2-5-13(9-10-15)6-3-7-14-8-4-12-11-14/h4,8,11,15H,2-3,5-7,9-10H2,1H3. The Morgan fingerprint density at radius 1 is 1.33 bits per heavy atom. The molecule has 1 heterocycles. The van der Waals surface area contributed by atoms with Crippen LogP contribution in [-0.2, 0) is 6.54 Å². The molecule has 0 aliphatic rings.